The monoisotopic (exact) mass is 178 g/mol. The van der Waals surface area contributed by atoms with Gasteiger partial charge in [-0.3, -0.25) is 0 Å². The Labute approximate surface area is 76.2 Å². The van der Waals surface area contributed by atoms with Crippen molar-refractivity contribution in [2.75, 3.05) is 0 Å². The molecule has 0 radical (unpaired) electrons. The fraction of sp³-hybridized carbons (Fsp3) is 0.273. The highest BCUT2D eigenvalue weighted by Crippen LogP contribution is 2.24. The van der Waals surface area contributed by atoms with Crippen molar-refractivity contribution >= 4 is 11.0 Å². The molecule has 0 saturated heterocycles. The van der Waals surface area contributed by atoms with Gasteiger partial charge in [0.25, 0.3) is 0 Å². The second kappa shape index (κ2) is 2.87. The van der Waals surface area contributed by atoms with E-state index < -0.39 is 0 Å². The van der Waals surface area contributed by atoms with Crippen LogP contribution in [0.1, 0.15) is 18.2 Å². The van der Waals surface area contributed by atoms with Gasteiger partial charge in [0.2, 0.25) is 0 Å². The van der Waals surface area contributed by atoms with Crippen molar-refractivity contribution in [1.82, 2.24) is 0 Å². The van der Waals surface area contributed by atoms with Gasteiger partial charge in [-0.2, -0.15) is 0 Å². The van der Waals surface area contributed by atoms with Gasteiger partial charge >= 0.3 is 0 Å². The summed E-state index contributed by atoms with van der Waals surface area (Å²) in [4.78, 5) is 0. The van der Waals surface area contributed by atoms with Gasteiger partial charge in [-0.05, 0) is 37.1 Å². The van der Waals surface area contributed by atoms with Gasteiger partial charge < -0.3 is 4.42 Å². The van der Waals surface area contributed by atoms with E-state index in [0.717, 1.165) is 28.7 Å². The molecular formula is C11H11FO. The molecule has 2 heteroatoms. The third kappa shape index (κ3) is 1.32. The molecule has 68 valence electrons. The molecule has 1 heterocycles. The molecule has 0 aliphatic carbocycles. The van der Waals surface area contributed by atoms with E-state index in [1.807, 2.05) is 19.9 Å². The predicted octanol–water partition coefficient (Wildman–Crippen LogP) is 3.44. The van der Waals surface area contributed by atoms with Crippen LogP contribution < -0.4 is 0 Å². The zero-order chi connectivity index (χ0) is 9.42. The van der Waals surface area contributed by atoms with E-state index in [1.165, 1.54) is 12.1 Å². The Balaban J connectivity index is 2.80. The van der Waals surface area contributed by atoms with Crippen molar-refractivity contribution in [3.63, 3.8) is 0 Å². The van der Waals surface area contributed by atoms with Crippen molar-refractivity contribution in [2.24, 2.45) is 0 Å². The minimum Gasteiger partial charge on any atom is -0.461 e. The molecule has 2 aromatic rings. The lowest BCUT2D eigenvalue weighted by Crippen LogP contribution is -1.83. The average molecular weight is 178 g/mol. The minimum absolute atomic E-state index is 0.190. The first-order valence-electron chi connectivity index (χ1n) is 4.39. The zero-order valence-corrected chi connectivity index (χ0v) is 7.73. The molecule has 13 heavy (non-hydrogen) atoms. The van der Waals surface area contributed by atoms with Crippen LogP contribution in [0.3, 0.4) is 0 Å². The van der Waals surface area contributed by atoms with Gasteiger partial charge in [0.05, 0.1) is 0 Å². The molecule has 0 aliphatic heterocycles. The second-order valence-electron chi connectivity index (χ2n) is 3.19. The summed E-state index contributed by atoms with van der Waals surface area (Å²) in [5.74, 6) is 0.639. The lowest BCUT2D eigenvalue weighted by atomic mass is 10.1. The smallest absolute Gasteiger partial charge is 0.137 e. The van der Waals surface area contributed by atoms with E-state index in [2.05, 4.69) is 0 Å². The highest BCUT2D eigenvalue weighted by Gasteiger charge is 2.06. The standard InChI is InChI=1S/C11H11FO/c1-3-8-5-10(12)6-9-4-7(2)13-11(8)9/h4-6H,3H2,1-2H3. The van der Waals surface area contributed by atoms with E-state index in [9.17, 15) is 4.39 Å². The Morgan fingerprint density at radius 3 is 2.77 bits per heavy atom. The molecule has 0 bridgehead atoms. The highest BCUT2D eigenvalue weighted by atomic mass is 19.1. The third-order valence-corrected chi connectivity index (χ3v) is 2.16. The Morgan fingerprint density at radius 1 is 1.31 bits per heavy atom. The first-order valence-corrected chi connectivity index (χ1v) is 4.39. The highest BCUT2D eigenvalue weighted by molar-refractivity contribution is 5.81. The van der Waals surface area contributed by atoms with Gasteiger partial charge in [-0.15, -0.1) is 0 Å². The van der Waals surface area contributed by atoms with E-state index in [-0.39, 0.29) is 5.82 Å². The molecule has 1 aromatic carbocycles. The molecule has 2 rings (SSSR count). The molecule has 0 fully saturated rings. The Kier molecular flexibility index (Phi) is 1.83. The fourth-order valence-corrected chi connectivity index (χ4v) is 1.58. The predicted molar refractivity (Wildman–Crippen MR) is 50.3 cm³/mol. The number of fused-ring (bicyclic) bond motifs is 1. The first kappa shape index (κ1) is 8.30. The molecule has 0 atom stereocenters. The summed E-state index contributed by atoms with van der Waals surface area (Å²) in [5.41, 5.74) is 1.75. The normalized spacial score (nSPS) is 11.0. The van der Waals surface area contributed by atoms with Crippen LogP contribution in [0.15, 0.2) is 22.6 Å². The molecule has 0 unspecified atom stereocenters. The Hall–Kier alpha value is -1.31. The molecule has 0 saturated carbocycles. The number of benzene rings is 1. The summed E-state index contributed by atoms with van der Waals surface area (Å²) in [5, 5.41) is 0.856. The van der Waals surface area contributed by atoms with Crippen molar-refractivity contribution in [2.45, 2.75) is 20.3 Å². The van der Waals surface area contributed by atoms with E-state index in [4.69, 9.17) is 4.42 Å². The van der Waals surface area contributed by atoms with Crippen molar-refractivity contribution in [1.29, 1.82) is 0 Å². The number of hydrogen-bond acceptors (Lipinski definition) is 1. The van der Waals surface area contributed by atoms with Crippen LogP contribution in [0.25, 0.3) is 11.0 Å². The van der Waals surface area contributed by atoms with Crippen molar-refractivity contribution in [3.05, 3.63) is 35.3 Å². The maximum Gasteiger partial charge on any atom is 0.137 e. The zero-order valence-electron chi connectivity index (χ0n) is 7.73. The molecule has 0 aliphatic rings. The van der Waals surface area contributed by atoms with Crippen LogP contribution in [-0.2, 0) is 6.42 Å². The Morgan fingerprint density at radius 2 is 2.08 bits per heavy atom. The van der Waals surface area contributed by atoms with Gasteiger partial charge in [0, 0.05) is 5.39 Å². The summed E-state index contributed by atoms with van der Waals surface area (Å²) >= 11 is 0. The topological polar surface area (TPSA) is 13.1 Å². The van der Waals surface area contributed by atoms with Crippen LogP contribution in [0.2, 0.25) is 0 Å². The summed E-state index contributed by atoms with van der Waals surface area (Å²) in [6.45, 7) is 3.86. The molecule has 0 N–H and O–H groups in total. The van der Waals surface area contributed by atoms with E-state index >= 15 is 0 Å². The van der Waals surface area contributed by atoms with Gasteiger partial charge in [0.15, 0.2) is 0 Å². The third-order valence-electron chi connectivity index (χ3n) is 2.16. The maximum absolute atomic E-state index is 13.1. The lowest BCUT2D eigenvalue weighted by Gasteiger charge is -1.97. The van der Waals surface area contributed by atoms with Gasteiger partial charge in [-0.1, -0.05) is 6.92 Å². The summed E-state index contributed by atoms with van der Waals surface area (Å²) in [7, 11) is 0. The van der Waals surface area contributed by atoms with Crippen LogP contribution >= 0.6 is 0 Å². The van der Waals surface area contributed by atoms with E-state index in [1.54, 1.807) is 0 Å². The largest absolute Gasteiger partial charge is 0.461 e. The van der Waals surface area contributed by atoms with Crippen molar-refractivity contribution in [3.8, 4) is 0 Å². The first-order chi connectivity index (χ1) is 6.20. The van der Waals surface area contributed by atoms with Crippen LogP contribution in [0.4, 0.5) is 4.39 Å². The molecule has 1 nitrogen and oxygen atoms in total. The second-order valence-corrected chi connectivity index (χ2v) is 3.19. The number of halogens is 1. The van der Waals surface area contributed by atoms with E-state index in [0.29, 0.717) is 0 Å². The molecule has 1 aromatic heterocycles. The SMILES string of the molecule is CCc1cc(F)cc2cc(C)oc12. The maximum atomic E-state index is 13.1. The number of aryl methyl sites for hydroxylation is 2. The molecule has 0 amide bonds. The minimum atomic E-state index is -0.190. The van der Waals surface area contributed by atoms with Crippen molar-refractivity contribution < 1.29 is 8.81 Å². The number of rotatable bonds is 1. The molecular weight excluding hydrogens is 167 g/mol. The van der Waals surface area contributed by atoms with Gasteiger partial charge in [-0.25, -0.2) is 4.39 Å². The van der Waals surface area contributed by atoms with Crippen LogP contribution in [-0.4, -0.2) is 0 Å². The average Bonchev–Trinajstić information content (AvgIpc) is 2.43. The summed E-state index contributed by atoms with van der Waals surface area (Å²) in [6, 6.07) is 4.90. The summed E-state index contributed by atoms with van der Waals surface area (Å²) in [6.07, 6.45) is 0.793. The Bertz CT molecular complexity index is 443. The molecule has 0 spiro atoms. The fourth-order valence-electron chi connectivity index (χ4n) is 1.58. The lowest BCUT2D eigenvalue weighted by molar-refractivity contribution is 0.572. The van der Waals surface area contributed by atoms with Crippen LogP contribution in [0, 0.1) is 12.7 Å². The summed E-state index contributed by atoms with van der Waals surface area (Å²) < 4.78 is 18.5. The van der Waals surface area contributed by atoms with Crippen LogP contribution in [0.5, 0.6) is 0 Å². The number of furan rings is 1. The van der Waals surface area contributed by atoms with Gasteiger partial charge in [0.1, 0.15) is 17.2 Å². The quantitative estimate of drug-likeness (QED) is 0.652. The number of hydrogen-bond donors (Lipinski definition) is 0.